The Labute approximate surface area is 157 Å². The lowest BCUT2D eigenvalue weighted by Gasteiger charge is -2.12. The average molecular weight is 428 g/mol. The third kappa shape index (κ3) is 4.63. The van der Waals surface area contributed by atoms with Crippen molar-refractivity contribution >= 4 is 21.8 Å². The van der Waals surface area contributed by atoms with Gasteiger partial charge in [0, 0.05) is 17.1 Å². The molecular weight excluding hydrogens is 411 g/mol. The van der Waals surface area contributed by atoms with E-state index in [1.807, 2.05) is 24.3 Å². The number of carbonyl (C=O) groups excluding carboxylic acids is 1. The smallest absolute Gasteiger partial charge is 0.351 e. The molecule has 1 amide bonds. The summed E-state index contributed by atoms with van der Waals surface area (Å²) >= 11 is 3.38. The van der Waals surface area contributed by atoms with Crippen LogP contribution in [0, 0.1) is 0 Å². The van der Waals surface area contributed by atoms with Gasteiger partial charge in [-0.15, -0.1) is 0 Å². The monoisotopic (exact) mass is 427 g/mol. The molecule has 0 saturated carbocycles. The van der Waals surface area contributed by atoms with E-state index < -0.39 is 17.8 Å². The van der Waals surface area contributed by atoms with Crippen LogP contribution < -0.4 is 16.2 Å². The molecule has 0 radical (unpaired) electrons. The van der Waals surface area contributed by atoms with Crippen molar-refractivity contribution in [3.63, 3.8) is 0 Å². The SMILES string of the molecule is O=C(NCc1cccc(C(F)(F)F)c1)C1CC(c2ccc(Br)cc2)NN1. The highest BCUT2D eigenvalue weighted by molar-refractivity contribution is 9.10. The zero-order chi connectivity index (χ0) is 18.7. The molecule has 2 aromatic rings. The van der Waals surface area contributed by atoms with E-state index in [4.69, 9.17) is 0 Å². The Hall–Kier alpha value is -1.90. The molecule has 138 valence electrons. The number of amides is 1. The first-order valence-corrected chi connectivity index (χ1v) is 8.82. The third-order valence-corrected chi connectivity index (χ3v) is 4.74. The molecule has 2 atom stereocenters. The first-order valence-electron chi connectivity index (χ1n) is 8.03. The van der Waals surface area contributed by atoms with E-state index in [1.54, 1.807) is 6.07 Å². The number of benzene rings is 2. The van der Waals surface area contributed by atoms with Crippen LogP contribution in [0.1, 0.15) is 29.2 Å². The van der Waals surface area contributed by atoms with Gasteiger partial charge in [-0.05, 0) is 41.8 Å². The van der Waals surface area contributed by atoms with Gasteiger partial charge in [-0.1, -0.05) is 40.2 Å². The summed E-state index contributed by atoms with van der Waals surface area (Å²) in [4.78, 5) is 12.3. The predicted octanol–water partition coefficient (Wildman–Crippen LogP) is 3.69. The first-order chi connectivity index (χ1) is 12.3. The van der Waals surface area contributed by atoms with Crippen LogP contribution in [-0.2, 0) is 17.5 Å². The van der Waals surface area contributed by atoms with E-state index in [-0.39, 0.29) is 18.5 Å². The van der Waals surface area contributed by atoms with Gasteiger partial charge in [0.25, 0.3) is 0 Å². The molecule has 3 N–H and O–H groups in total. The van der Waals surface area contributed by atoms with Crippen molar-refractivity contribution < 1.29 is 18.0 Å². The Bertz CT molecular complexity index is 780. The topological polar surface area (TPSA) is 53.2 Å². The van der Waals surface area contributed by atoms with Crippen molar-refractivity contribution in [2.24, 2.45) is 0 Å². The molecule has 0 aromatic heterocycles. The summed E-state index contributed by atoms with van der Waals surface area (Å²) in [6.45, 7) is 0.0455. The van der Waals surface area contributed by atoms with Crippen LogP contribution in [0.3, 0.4) is 0 Å². The minimum Gasteiger partial charge on any atom is -0.351 e. The van der Waals surface area contributed by atoms with Crippen LogP contribution in [0.4, 0.5) is 13.2 Å². The molecule has 1 fully saturated rings. The quantitative estimate of drug-likeness (QED) is 0.697. The first kappa shape index (κ1) is 18.9. The van der Waals surface area contributed by atoms with E-state index in [2.05, 4.69) is 32.1 Å². The second kappa shape index (κ2) is 7.77. The number of nitrogens with one attached hydrogen (secondary N) is 3. The maximum Gasteiger partial charge on any atom is 0.416 e. The van der Waals surface area contributed by atoms with E-state index in [9.17, 15) is 18.0 Å². The number of carbonyl (C=O) groups is 1. The fraction of sp³-hybridized carbons (Fsp3) is 0.278. The number of halogens is 4. The molecule has 1 aliphatic rings. The molecule has 0 aliphatic carbocycles. The minimum absolute atomic E-state index is 0.00703. The van der Waals surface area contributed by atoms with Crippen LogP contribution in [0.25, 0.3) is 0 Å². The van der Waals surface area contributed by atoms with Crippen LogP contribution >= 0.6 is 15.9 Å². The molecule has 4 nitrogen and oxygen atoms in total. The molecule has 2 aromatic carbocycles. The fourth-order valence-corrected chi connectivity index (χ4v) is 3.08. The summed E-state index contributed by atoms with van der Waals surface area (Å²) in [7, 11) is 0. The molecule has 0 bridgehead atoms. The van der Waals surface area contributed by atoms with Gasteiger partial charge in [0.15, 0.2) is 0 Å². The second-order valence-corrected chi connectivity index (χ2v) is 7.01. The molecule has 3 rings (SSSR count). The molecule has 0 spiro atoms. The van der Waals surface area contributed by atoms with Gasteiger partial charge in [0.05, 0.1) is 5.56 Å². The lowest BCUT2D eigenvalue weighted by molar-refractivity contribution is -0.137. The van der Waals surface area contributed by atoms with Crippen LogP contribution in [-0.4, -0.2) is 11.9 Å². The highest BCUT2D eigenvalue weighted by Crippen LogP contribution is 2.29. The summed E-state index contributed by atoms with van der Waals surface area (Å²) < 4.78 is 39.2. The molecule has 8 heteroatoms. The third-order valence-electron chi connectivity index (χ3n) is 4.21. The molecule has 1 aliphatic heterocycles. The highest BCUT2D eigenvalue weighted by Gasteiger charge is 2.31. The normalized spacial score (nSPS) is 20.2. The zero-order valence-corrected chi connectivity index (χ0v) is 15.2. The van der Waals surface area contributed by atoms with Gasteiger partial charge in [-0.25, -0.2) is 10.9 Å². The van der Waals surface area contributed by atoms with E-state index in [0.29, 0.717) is 12.0 Å². The summed E-state index contributed by atoms with van der Waals surface area (Å²) in [5.74, 6) is -0.255. The van der Waals surface area contributed by atoms with E-state index in [0.717, 1.165) is 22.2 Å². The molecule has 1 saturated heterocycles. The molecule has 1 heterocycles. The summed E-state index contributed by atoms with van der Waals surface area (Å²) in [5.41, 5.74) is 6.75. The number of hydrogen-bond donors (Lipinski definition) is 3. The van der Waals surface area contributed by atoms with Gasteiger partial charge in [0.1, 0.15) is 6.04 Å². The average Bonchev–Trinajstić information content (AvgIpc) is 3.10. The maximum absolute atomic E-state index is 12.7. The summed E-state index contributed by atoms with van der Waals surface area (Å²) in [5, 5.41) is 2.68. The van der Waals surface area contributed by atoms with Gasteiger partial charge >= 0.3 is 6.18 Å². The van der Waals surface area contributed by atoms with Gasteiger partial charge in [-0.2, -0.15) is 13.2 Å². The highest BCUT2D eigenvalue weighted by atomic mass is 79.9. The van der Waals surface area contributed by atoms with Crippen molar-refractivity contribution in [1.82, 2.24) is 16.2 Å². The van der Waals surface area contributed by atoms with Crippen molar-refractivity contribution in [1.29, 1.82) is 0 Å². The summed E-state index contributed by atoms with van der Waals surface area (Å²) in [6, 6.07) is 12.3. The number of rotatable bonds is 4. The zero-order valence-electron chi connectivity index (χ0n) is 13.6. The van der Waals surface area contributed by atoms with Gasteiger partial charge < -0.3 is 5.32 Å². The molecule has 26 heavy (non-hydrogen) atoms. The number of hydrazine groups is 1. The minimum atomic E-state index is -4.39. The van der Waals surface area contributed by atoms with Crippen LogP contribution in [0.15, 0.2) is 53.0 Å². The van der Waals surface area contributed by atoms with Crippen molar-refractivity contribution in [2.75, 3.05) is 0 Å². The van der Waals surface area contributed by atoms with E-state index in [1.165, 1.54) is 6.07 Å². The Balaban J connectivity index is 1.55. The Morgan fingerprint density at radius 2 is 1.88 bits per heavy atom. The standard InChI is InChI=1S/C18H17BrF3N3O/c19-14-6-4-12(5-7-14)15-9-16(25-24-15)17(26)23-10-11-2-1-3-13(8-11)18(20,21)22/h1-8,15-16,24-25H,9-10H2,(H,23,26). The second-order valence-electron chi connectivity index (χ2n) is 6.10. The van der Waals surface area contributed by atoms with Crippen LogP contribution in [0.5, 0.6) is 0 Å². The Kier molecular flexibility index (Phi) is 5.64. The number of alkyl halides is 3. The van der Waals surface area contributed by atoms with Gasteiger partial charge in [0.2, 0.25) is 5.91 Å². The molecular formula is C18H17BrF3N3O. The van der Waals surface area contributed by atoms with Crippen molar-refractivity contribution in [3.8, 4) is 0 Å². The number of hydrogen-bond acceptors (Lipinski definition) is 3. The fourth-order valence-electron chi connectivity index (χ4n) is 2.81. The van der Waals surface area contributed by atoms with Crippen molar-refractivity contribution in [2.45, 2.75) is 31.2 Å². The lowest BCUT2D eigenvalue weighted by Crippen LogP contribution is -2.42. The summed E-state index contributed by atoms with van der Waals surface area (Å²) in [6.07, 6.45) is -3.84. The van der Waals surface area contributed by atoms with E-state index >= 15 is 0 Å². The maximum atomic E-state index is 12.7. The predicted molar refractivity (Wildman–Crippen MR) is 94.9 cm³/mol. The largest absolute Gasteiger partial charge is 0.416 e. The van der Waals surface area contributed by atoms with Crippen LogP contribution in [0.2, 0.25) is 0 Å². The van der Waals surface area contributed by atoms with Crippen molar-refractivity contribution in [3.05, 3.63) is 69.7 Å². The van der Waals surface area contributed by atoms with Gasteiger partial charge in [-0.3, -0.25) is 4.79 Å². The molecule has 2 unspecified atom stereocenters. The Morgan fingerprint density at radius 3 is 2.58 bits per heavy atom. The lowest BCUT2D eigenvalue weighted by atomic mass is 10.0. The Morgan fingerprint density at radius 1 is 1.15 bits per heavy atom.